The van der Waals surface area contributed by atoms with Gasteiger partial charge in [-0.1, -0.05) is 12.1 Å². The number of ether oxygens (including phenoxy) is 1. The van der Waals surface area contributed by atoms with Crippen molar-refractivity contribution in [2.24, 2.45) is 0 Å². The normalized spacial score (nSPS) is 10.8. The van der Waals surface area contributed by atoms with E-state index < -0.39 is 0 Å². The summed E-state index contributed by atoms with van der Waals surface area (Å²) in [6.45, 7) is 1.99. The number of aromatic nitrogens is 1. The monoisotopic (exact) mass is 254 g/mol. The van der Waals surface area contributed by atoms with E-state index in [0.717, 1.165) is 22.4 Å². The SMILES string of the molecule is COc1ccc2nc(-c3c(C)cccc3N)oc2c1. The first-order valence-electron chi connectivity index (χ1n) is 5.99. The number of nitrogen functional groups attached to an aromatic ring is 1. The van der Waals surface area contributed by atoms with Gasteiger partial charge in [0.05, 0.1) is 12.7 Å². The van der Waals surface area contributed by atoms with E-state index in [1.807, 2.05) is 43.3 Å². The molecule has 0 spiro atoms. The Morgan fingerprint density at radius 2 is 2.05 bits per heavy atom. The Bertz CT molecular complexity index is 727. The molecule has 4 nitrogen and oxygen atoms in total. The Labute approximate surface area is 110 Å². The van der Waals surface area contributed by atoms with Gasteiger partial charge in [-0.25, -0.2) is 4.98 Å². The molecule has 1 aromatic heterocycles. The number of rotatable bonds is 2. The summed E-state index contributed by atoms with van der Waals surface area (Å²) in [5, 5.41) is 0. The second kappa shape index (κ2) is 4.31. The van der Waals surface area contributed by atoms with Crippen LogP contribution in [-0.2, 0) is 0 Å². The van der Waals surface area contributed by atoms with Gasteiger partial charge in [0.15, 0.2) is 5.58 Å². The molecule has 0 saturated heterocycles. The standard InChI is InChI=1S/C15H14N2O2/c1-9-4-3-5-11(16)14(9)15-17-12-7-6-10(18-2)8-13(12)19-15/h3-8H,16H2,1-2H3. The van der Waals surface area contributed by atoms with Gasteiger partial charge in [-0.3, -0.25) is 0 Å². The Morgan fingerprint density at radius 1 is 1.21 bits per heavy atom. The lowest BCUT2D eigenvalue weighted by molar-refractivity contribution is 0.414. The van der Waals surface area contributed by atoms with Gasteiger partial charge in [0, 0.05) is 11.8 Å². The fourth-order valence-electron chi connectivity index (χ4n) is 2.12. The van der Waals surface area contributed by atoms with Gasteiger partial charge in [-0.05, 0) is 30.7 Å². The van der Waals surface area contributed by atoms with Crippen molar-refractivity contribution in [2.75, 3.05) is 12.8 Å². The minimum absolute atomic E-state index is 0.541. The van der Waals surface area contributed by atoms with E-state index in [9.17, 15) is 0 Å². The molecule has 1 heterocycles. The van der Waals surface area contributed by atoms with Gasteiger partial charge in [-0.2, -0.15) is 0 Å². The third-order valence-corrected chi connectivity index (χ3v) is 3.11. The van der Waals surface area contributed by atoms with Gasteiger partial charge in [0.2, 0.25) is 5.89 Å². The van der Waals surface area contributed by atoms with E-state index in [1.54, 1.807) is 7.11 Å². The topological polar surface area (TPSA) is 61.3 Å². The molecule has 3 aromatic rings. The van der Waals surface area contributed by atoms with Crippen molar-refractivity contribution in [3.63, 3.8) is 0 Å². The van der Waals surface area contributed by atoms with Crippen LogP contribution in [0.25, 0.3) is 22.6 Å². The molecule has 2 N–H and O–H groups in total. The average Bonchev–Trinajstić information content (AvgIpc) is 2.80. The summed E-state index contributed by atoms with van der Waals surface area (Å²) in [4.78, 5) is 4.48. The molecule has 0 amide bonds. The highest BCUT2D eigenvalue weighted by atomic mass is 16.5. The van der Waals surface area contributed by atoms with E-state index >= 15 is 0 Å². The fourth-order valence-corrected chi connectivity index (χ4v) is 2.12. The fraction of sp³-hybridized carbons (Fsp3) is 0.133. The first-order valence-corrected chi connectivity index (χ1v) is 5.99. The molecule has 0 fully saturated rings. The summed E-state index contributed by atoms with van der Waals surface area (Å²) >= 11 is 0. The van der Waals surface area contributed by atoms with Gasteiger partial charge >= 0.3 is 0 Å². The Morgan fingerprint density at radius 3 is 2.79 bits per heavy atom. The van der Waals surface area contributed by atoms with Crippen molar-refractivity contribution in [3.8, 4) is 17.2 Å². The van der Waals surface area contributed by atoms with E-state index in [1.165, 1.54) is 0 Å². The number of nitrogens with two attached hydrogens (primary N) is 1. The zero-order valence-corrected chi connectivity index (χ0v) is 10.8. The number of nitrogens with zero attached hydrogens (tertiary/aromatic N) is 1. The summed E-state index contributed by atoms with van der Waals surface area (Å²) in [5.74, 6) is 1.28. The number of fused-ring (bicyclic) bond motifs is 1. The zero-order chi connectivity index (χ0) is 13.4. The van der Waals surface area contributed by atoms with Crippen LogP contribution in [0.5, 0.6) is 5.75 Å². The van der Waals surface area contributed by atoms with E-state index in [0.29, 0.717) is 17.2 Å². The van der Waals surface area contributed by atoms with Crippen molar-refractivity contribution in [1.29, 1.82) is 0 Å². The van der Waals surface area contributed by atoms with E-state index in [2.05, 4.69) is 4.98 Å². The Kier molecular flexibility index (Phi) is 2.63. The van der Waals surface area contributed by atoms with Crippen LogP contribution in [0.15, 0.2) is 40.8 Å². The number of anilines is 1. The molecule has 0 aliphatic carbocycles. The van der Waals surface area contributed by atoms with Crippen molar-refractivity contribution in [2.45, 2.75) is 6.92 Å². The lowest BCUT2D eigenvalue weighted by atomic mass is 10.1. The number of aryl methyl sites for hydroxylation is 1. The highest BCUT2D eigenvalue weighted by molar-refractivity contribution is 5.81. The summed E-state index contributed by atoms with van der Waals surface area (Å²) in [7, 11) is 1.62. The van der Waals surface area contributed by atoms with Crippen molar-refractivity contribution >= 4 is 16.8 Å². The van der Waals surface area contributed by atoms with Crippen LogP contribution < -0.4 is 10.5 Å². The molecule has 0 atom stereocenters. The number of oxazole rings is 1. The first-order chi connectivity index (χ1) is 9.19. The van der Waals surface area contributed by atoms with Gasteiger partial charge in [0.25, 0.3) is 0 Å². The average molecular weight is 254 g/mol. The van der Waals surface area contributed by atoms with Crippen molar-refractivity contribution in [3.05, 3.63) is 42.0 Å². The third kappa shape index (κ3) is 1.91. The minimum atomic E-state index is 0.541. The van der Waals surface area contributed by atoms with E-state index in [-0.39, 0.29) is 0 Å². The van der Waals surface area contributed by atoms with Gasteiger partial charge in [0.1, 0.15) is 11.3 Å². The summed E-state index contributed by atoms with van der Waals surface area (Å²) in [5.41, 5.74) is 10.0. The number of benzene rings is 2. The number of hydrogen-bond donors (Lipinski definition) is 1. The second-order valence-corrected chi connectivity index (χ2v) is 4.39. The molecular weight excluding hydrogens is 240 g/mol. The van der Waals surface area contributed by atoms with Crippen LogP contribution in [0.2, 0.25) is 0 Å². The molecule has 3 rings (SSSR count). The molecule has 4 heteroatoms. The van der Waals surface area contributed by atoms with Crippen LogP contribution in [0, 0.1) is 6.92 Å². The maximum absolute atomic E-state index is 6.01. The molecule has 0 bridgehead atoms. The molecule has 0 unspecified atom stereocenters. The maximum Gasteiger partial charge on any atom is 0.229 e. The largest absolute Gasteiger partial charge is 0.497 e. The predicted octanol–water partition coefficient (Wildman–Crippen LogP) is 3.39. The van der Waals surface area contributed by atoms with Gasteiger partial charge in [-0.15, -0.1) is 0 Å². The molecule has 0 radical (unpaired) electrons. The number of hydrogen-bond acceptors (Lipinski definition) is 4. The van der Waals surface area contributed by atoms with Crippen LogP contribution in [0.1, 0.15) is 5.56 Å². The van der Waals surface area contributed by atoms with Crippen LogP contribution in [0.3, 0.4) is 0 Å². The van der Waals surface area contributed by atoms with Crippen LogP contribution >= 0.6 is 0 Å². The maximum atomic E-state index is 6.01. The van der Waals surface area contributed by atoms with Crippen LogP contribution in [-0.4, -0.2) is 12.1 Å². The summed E-state index contributed by atoms with van der Waals surface area (Å²) in [6.07, 6.45) is 0. The Hall–Kier alpha value is -2.49. The zero-order valence-electron chi connectivity index (χ0n) is 10.8. The molecule has 0 aliphatic heterocycles. The second-order valence-electron chi connectivity index (χ2n) is 4.39. The minimum Gasteiger partial charge on any atom is -0.497 e. The lowest BCUT2D eigenvalue weighted by Crippen LogP contribution is -1.92. The predicted molar refractivity (Wildman–Crippen MR) is 75.1 cm³/mol. The lowest BCUT2D eigenvalue weighted by Gasteiger charge is -2.04. The smallest absolute Gasteiger partial charge is 0.229 e. The highest BCUT2D eigenvalue weighted by Crippen LogP contribution is 2.32. The van der Waals surface area contributed by atoms with Crippen molar-refractivity contribution < 1.29 is 9.15 Å². The third-order valence-electron chi connectivity index (χ3n) is 3.11. The highest BCUT2D eigenvalue weighted by Gasteiger charge is 2.13. The molecule has 0 aliphatic rings. The molecule has 96 valence electrons. The molecule has 2 aromatic carbocycles. The quantitative estimate of drug-likeness (QED) is 0.712. The summed E-state index contributed by atoms with van der Waals surface area (Å²) < 4.78 is 11.0. The molecule has 0 saturated carbocycles. The van der Waals surface area contributed by atoms with Gasteiger partial charge < -0.3 is 14.9 Å². The summed E-state index contributed by atoms with van der Waals surface area (Å²) in [6, 6.07) is 11.3. The van der Waals surface area contributed by atoms with Crippen LogP contribution in [0.4, 0.5) is 5.69 Å². The Balaban J connectivity index is 2.21. The number of methoxy groups -OCH3 is 1. The molecular formula is C15H14N2O2. The molecule has 19 heavy (non-hydrogen) atoms. The van der Waals surface area contributed by atoms with Crippen molar-refractivity contribution in [1.82, 2.24) is 4.98 Å². The van der Waals surface area contributed by atoms with E-state index in [4.69, 9.17) is 14.9 Å². The first kappa shape index (κ1) is 11.6.